The number of carboxylic acids is 1. The monoisotopic (exact) mass is 218 g/mol. The van der Waals surface area contributed by atoms with Crippen molar-refractivity contribution in [3.63, 3.8) is 0 Å². The second kappa shape index (κ2) is 4.09. The van der Waals surface area contributed by atoms with Gasteiger partial charge < -0.3 is 5.11 Å². The van der Waals surface area contributed by atoms with E-state index >= 15 is 0 Å². The quantitative estimate of drug-likeness (QED) is 0.815. The van der Waals surface area contributed by atoms with E-state index in [-0.39, 0.29) is 6.42 Å². The van der Waals surface area contributed by atoms with Gasteiger partial charge >= 0.3 is 5.97 Å². The molecular formula is C10H10N4O2. The lowest BCUT2D eigenvalue weighted by molar-refractivity contribution is -0.136. The second-order valence-electron chi connectivity index (χ2n) is 3.34. The molecule has 0 atom stereocenters. The molecule has 0 saturated carbocycles. The number of tetrazole rings is 1. The largest absolute Gasteiger partial charge is 0.481 e. The first-order valence-corrected chi connectivity index (χ1v) is 4.73. The van der Waals surface area contributed by atoms with Crippen molar-refractivity contribution in [1.29, 1.82) is 0 Å². The molecule has 0 spiro atoms. The molecule has 2 aromatic rings. The molecule has 0 aliphatic heterocycles. The Morgan fingerprint density at radius 3 is 2.81 bits per heavy atom. The normalized spacial score (nSPS) is 10.3. The van der Waals surface area contributed by atoms with Crippen molar-refractivity contribution in [1.82, 2.24) is 20.2 Å². The van der Waals surface area contributed by atoms with Crippen LogP contribution in [0.3, 0.4) is 0 Å². The number of nitrogens with zero attached hydrogens (tertiary/aromatic N) is 4. The maximum Gasteiger partial charge on any atom is 0.307 e. The lowest BCUT2D eigenvalue weighted by Crippen LogP contribution is -2.07. The Kier molecular flexibility index (Phi) is 2.63. The van der Waals surface area contributed by atoms with E-state index in [4.69, 9.17) is 5.11 Å². The van der Waals surface area contributed by atoms with Crippen LogP contribution in [0.4, 0.5) is 0 Å². The third-order valence-electron chi connectivity index (χ3n) is 2.19. The third kappa shape index (κ3) is 1.90. The molecule has 1 N–H and O–H groups in total. The topological polar surface area (TPSA) is 80.9 Å². The minimum Gasteiger partial charge on any atom is -0.481 e. The summed E-state index contributed by atoms with van der Waals surface area (Å²) in [5.41, 5.74) is 1.39. The predicted octanol–water partition coefficient (Wildman–Crippen LogP) is 0.598. The summed E-state index contributed by atoms with van der Waals surface area (Å²) in [6.45, 7) is 1.76. The number of benzene rings is 1. The molecule has 6 heteroatoms. The van der Waals surface area contributed by atoms with Crippen LogP contribution < -0.4 is 0 Å². The van der Waals surface area contributed by atoms with Crippen molar-refractivity contribution >= 4 is 5.97 Å². The van der Waals surface area contributed by atoms with E-state index in [1.165, 1.54) is 4.68 Å². The van der Waals surface area contributed by atoms with E-state index in [0.717, 1.165) is 0 Å². The van der Waals surface area contributed by atoms with E-state index < -0.39 is 5.97 Å². The van der Waals surface area contributed by atoms with Gasteiger partial charge in [0.2, 0.25) is 0 Å². The Bertz CT molecular complexity index is 521. The Morgan fingerprint density at radius 2 is 2.19 bits per heavy atom. The third-order valence-corrected chi connectivity index (χ3v) is 2.19. The molecule has 0 aliphatic carbocycles. The fourth-order valence-corrected chi connectivity index (χ4v) is 1.48. The summed E-state index contributed by atoms with van der Waals surface area (Å²) in [5.74, 6) is -0.254. The van der Waals surface area contributed by atoms with Crippen molar-refractivity contribution in [3.05, 3.63) is 35.7 Å². The summed E-state index contributed by atoms with van der Waals surface area (Å²) in [6, 6.07) is 7.16. The van der Waals surface area contributed by atoms with Crippen LogP contribution in [0.5, 0.6) is 0 Å². The Hall–Kier alpha value is -2.24. The van der Waals surface area contributed by atoms with Crippen molar-refractivity contribution < 1.29 is 9.90 Å². The maximum atomic E-state index is 10.7. The molecule has 0 bridgehead atoms. The molecule has 1 aromatic carbocycles. The molecule has 0 fully saturated rings. The van der Waals surface area contributed by atoms with Crippen LogP contribution in [0.15, 0.2) is 24.3 Å². The zero-order valence-electron chi connectivity index (χ0n) is 8.66. The van der Waals surface area contributed by atoms with Crippen LogP contribution >= 0.6 is 0 Å². The van der Waals surface area contributed by atoms with E-state index in [2.05, 4.69) is 15.5 Å². The van der Waals surface area contributed by atoms with Gasteiger partial charge in [0.1, 0.15) is 0 Å². The Balaban J connectivity index is 2.48. The van der Waals surface area contributed by atoms with Crippen LogP contribution in [0, 0.1) is 6.92 Å². The summed E-state index contributed by atoms with van der Waals surface area (Å²) < 4.78 is 1.53. The molecule has 0 unspecified atom stereocenters. The average Bonchev–Trinajstić information content (AvgIpc) is 2.64. The molecule has 1 aromatic heterocycles. The summed E-state index contributed by atoms with van der Waals surface area (Å²) in [7, 11) is 0. The predicted molar refractivity (Wildman–Crippen MR) is 55.2 cm³/mol. The first-order chi connectivity index (χ1) is 7.68. The number of hydrogen-bond donors (Lipinski definition) is 1. The van der Waals surface area contributed by atoms with Crippen LogP contribution in [0.1, 0.15) is 11.4 Å². The molecule has 2 rings (SSSR count). The minimum absolute atomic E-state index is 0.0462. The maximum absolute atomic E-state index is 10.7. The molecule has 16 heavy (non-hydrogen) atoms. The number of aromatic nitrogens is 4. The van der Waals surface area contributed by atoms with Gasteiger partial charge in [-0.25, -0.2) is 0 Å². The van der Waals surface area contributed by atoms with Gasteiger partial charge in [0, 0.05) is 0 Å². The molecule has 1 heterocycles. The SMILES string of the molecule is Cc1nnnn1-c1ccccc1CC(=O)O. The number of carbonyl (C=O) groups is 1. The van der Waals surface area contributed by atoms with Gasteiger partial charge in [-0.05, 0) is 29.0 Å². The van der Waals surface area contributed by atoms with Gasteiger partial charge in [-0.3, -0.25) is 4.79 Å². The number of para-hydroxylation sites is 1. The van der Waals surface area contributed by atoms with Gasteiger partial charge in [-0.1, -0.05) is 18.2 Å². The van der Waals surface area contributed by atoms with Gasteiger partial charge in [0.25, 0.3) is 0 Å². The summed E-state index contributed by atoms with van der Waals surface area (Å²) in [4.78, 5) is 10.7. The Labute approximate surface area is 91.5 Å². The van der Waals surface area contributed by atoms with Crippen molar-refractivity contribution in [2.75, 3.05) is 0 Å². The zero-order chi connectivity index (χ0) is 11.5. The van der Waals surface area contributed by atoms with Crippen LogP contribution in [-0.2, 0) is 11.2 Å². The lowest BCUT2D eigenvalue weighted by Gasteiger charge is -2.07. The van der Waals surface area contributed by atoms with Gasteiger partial charge in [0.15, 0.2) is 5.82 Å². The highest BCUT2D eigenvalue weighted by atomic mass is 16.4. The molecule has 0 amide bonds. The molecule has 6 nitrogen and oxygen atoms in total. The van der Waals surface area contributed by atoms with Gasteiger partial charge in [-0.2, -0.15) is 4.68 Å². The van der Waals surface area contributed by atoms with E-state index in [1.807, 2.05) is 6.07 Å². The summed E-state index contributed by atoms with van der Waals surface area (Å²) >= 11 is 0. The average molecular weight is 218 g/mol. The fourth-order valence-electron chi connectivity index (χ4n) is 1.48. The minimum atomic E-state index is -0.877. The zero-order valence-corrected chi connectivity index (χ0v) is 8.66. The molecule has 0 aliphatic rings. The highest BCUT2D eigenvalue weighted by Gasteiger charge is 2.10. The van der Waals surface area contributed by atoms with Gasteiger partial charge in [0.05, 0.1) is 12.1 Å². The standard InChI is InChI=1S/C10H10N4O2/c1-7-11-12-13-14(7)9-5-3-2-4-8(9)6-10(15)16/h2-5H,6H2,1H3,(H,15,16). The first kappa shape index (κ1) is 10.3. The highest BCUT2D eigenvalue weighted by Crippen LogP contribution is 2.14. The van der Waals surface area contributed by atoms with E-state index in [9.17, 15) is 4.79 Å². The smallest absolute Gasteiger partial charge is 0.307 e. The number of aryl methyl sites for hydroxylation is 1. The van der Waals surface area contributed by atoms with Crippen molar-refractivity contribution in [2.24, 2.45) is 0 Å². The fraction of sp³-hybridized carbons (Fsp3) is 0.200. The number of rotatable bonds is 3. The molecule has 0 saturated heterocycles. The van der Waals surface area contributed by atoms with Crippen LogP contribution in [0.2, 0.25) is 0 Å². The number of aliphatic carboxylic acids is 1. The number of hydrogen-bond acceptors (Lipinski definition) is 4. The summed E-state index contributed by atoms with van der Waals surface area (Å²) in [5, 5.41) is 19.9. The van der Waals surface area contributed by atoms with Crippen molar-refractivity contribution in [3.8, 4) is 5.69 Å². The van der Waals surface area contributed by atoms with Crippen molar-refractivity contribution in [2.45, 2.75) is 13.3 Å². The summed E-state index contributed by atoms with van der Waals surface area (Å²) in [6.07, 6.45) is -0.0462. The Morgan fingerprint density at radius 1 is 1.44 bits per heavy atom. The molecule has 82 valence electrons. The lowest BCUT2D eigenvalue weighted by atomic mass is 10.1. The molecular weight excluding hydrogens is 208 g/mol. The van der Waals surface area contributed by atoms with Crippen LogP contribution in [0.25, 0.3) is 5.69 Å². The molecule has 0 radical (unpaired) electrons. The van der Waals surface area contributed by atoms with E-state index in [0.29, 0.717) is 17.1 Å². The first-order valence-electron chi connectivity index (χ1n) is 4.73. The van der Waals surface area contributed by atoms with Gasteiger partial charge in [-0.15, -0.1) is 5.10 Å². The second-order valence-corrected chi connectivity index (χ2v) is 3.34. The van der Waals surface area contributed by atoms with E-state index in [1.54, 1.807) is 25.1 Å². The van der Waals surface area contributed by atoms with Crippen LogP contribution in [-0.4, -0.2) is 31.3 Å². The number of carboxylic acid groups (broad SMARTS) is 1. The highest BCUT2D eigenvalue weighted by molar-refractivity contribution is 5.71.